The average molecular weight is 302 g/mol. The highest BCUT2D eigenvalue weighted by Crippen LogP contribution is 2.39. The zero-order chi connectivity index (χ0) is 10.1. The van der Waals surface area contributed by atoms with Crippen molar-refractivity contribution in [2.75, 3.05) is 0 Å². The third kappa shape index (κ3) is 2.72. The third-order valence-corrected chi connectivity index (χ3v) is 2.87. The van der Waals surface area contributed by atoms with Crippen molar-refractivity contribution in [2.45, 2.75) is 19.5 Å². The van der Waals surface area contributed by atoms with E-state index in [2.05, 4.69) is 0 Å². The molecule has 0 bridgehead atoms. The quantitative estimate of drug-likeness (QED) is 0.640. The molecule has 0 saturated carbocycles. The Morgan fingerprint density at radius 2 is 2.08 bits per heavy atom. The summed E-state index contributed by atoms with van der Waals surface area (Å²) in [6.07, 6.45) is 0.908. The highest BCUT2D eigenvalue weighted by atomic mass is 127. The van der Waals surface area contributed by atoms with E-state index in [-0.39, 0.29) is 0 Å². The van der Waals surface area contributed by atoms with Crippen LogP contribution in [0.1, 0.15) is 13.3 Å². The van der Waals surface area contributed by atoms with Gasteiger partial charge in [0.2, 0.25) is 0 Å². The molecule has 0 nitrogen and oxygen atoms in total. The van der Waals surface area contributed by atoms with Crippen molar-refractivity contribution in [3.05, 3.63) is 21.8 Å². The summed E-state index contributed by atoms with van der Waals surface area (Å²) in [5, 5.41) is 0. The molecule has 4 heteroatoms. The van der Waals surface area contributed by atoms with Crippen LogP contribution in [0.25, 0.3) is 0 Å². The Morgan fingerprint density at radius 3 is 2.54 bits per heavy atom. The van der Waals surface area contributed by atoms with Crippen molar-refractivity contribution in [1.29, 1.82) is 0 Å². The summed E-state index contributed by atoms with van der Waals surface area (Å²) in [6.45, 7) is 1.78. The number of hydrogen-bond donors (Lipinski definition) is 0. The molecule has 2 unspecified atom stereocenters. The van der Waals surface area contributed by atoms with E-state index in [9.17, 15) is 13.2 Å². The molecule has 0 amide bonds. The summed E-state index contributed by atoms with van der Waals surface area (Å²) in [5.41, 5.74) is 0. The minimum atomic E-state index is -4.11. The minimum Gasteiger partial charge on any atom is -0.170 e. The van der Waals surface area contributed by atoms with Gasteiger partial charge in [0.05, 0.1) is 5.92 Å². The second-order valence-corrected chi connectivity index (χ2v) is 4.30. The van der Waals surface area contributed by atoms with E-state index in [4.69, 9.17) is 0 Å². The Balaban J connectivity index is 2.84. The molecule has 1 aliphatic carbocycles. The van der Waals surface area contributed by atoms with Gasteiger partial charge in [0.15, 0.2) is 0 Å². The van der Waals surface area contributed by atoms with Gasteiger partial charge in [-0.25, -0.2) is 0 Å². The fourth-order valence-electron chi connectivity index (χ4n) is 1.43. The molecular weight excluding hydrogens is 292 g/mol. The molecule has 1 aliphatic rings. The molecule has 0 saturated heterocycles. The van der Waals surface area contributed by atoms with Crippen molar-refractivity contribution >= 4 is 22.6 Å². The van der Waals surface area contributed by atoms with Crippen molar-refractivity contribution in [3.63, 3.8) is 0 Å². The van der Waals surface area contributed by atoms with Gasteiger partial charge < -0.3 is 0 Å². The second-order valence-electron chi connectivity index (χ2n) is 3.05. The second kappa shape index (κ2) is 4.02. The van der Waals surface area contributed by atoms with Crippen molar-refractivity contribution in [2.24, 2.45) is 11.8 Å². The number of rotatable bonds is 1. The van der Waals surface area contributed by atoms with Crippen LogP contribution in [0.4, 0.5) is 13.2 Å². The SMILES string of the molecule is CCC1C=C(I)C=CC1C(F)(F)F. The smallest absolute Gasteiger partial charge is 0.170 e. The molecule has 0 spiro atoms. The molecule has 0 aromatic heterocycles. The van der Waals surface area contributed by atoms with Crippen LogP contribution < -0.4 is 0 Å². The fraction of sp³-hybridized carbons (Fsp3) is 0.556. The molecular formula is C9H10F3I. The first kappa shape index (κ1) is 11.1. The van der Waals surface area contributed by atoms with Crippen LogP contribution in [0.15, 0.2) is 21.8 Å². The van der Waals surface area contributed by atoms with Gasteiger partial charge in [-0.1, -0.05) is 25.2 Å². The zero-order valence-corrected chi connectivity index (χ0v) is 9.26. The van der Waals surface area contributed by atoms with E-state index in [1.54, 1.807) is 13.0 Å². The summed E-state index contributed by atoms with van der Waals surface area (Å²) in [6, 6.07) is 0. The van der Waals surface area contributed by atoms with Crippen LogP contribution in [0.5, 0.6) is 0 Å². The molecule has 0 fully saturated rings. The lowest BCUT2D eigenvalue weighted by Gasteiger charge is -2.26. The standard InChI is InChI=1S/C9H10F3I/c1-2-6-5-7(13)3-4-8(6)9(10,11)12/h3-6,8H,2H2,1H3. The van der Waals surface area contributed by atoms with Crippen molar-refractivity contribution in [3.8, 4) is 0 Å². The summed E-state index contributed by atoms with van der Waals surface area (Å²) < 4.78 is 38.2. The lowest BCUT2D eigenvalue weighted by atomic mass is 9.86. The Morgan fingerprint density at radius 1 is 1.46 bits per heavy atom. The van der Waals surface area contributed by atoms with E-state index >= 15 is 0 Å². The van der Waals surface area contributed by atoms with Crippen molar-refractivity contribution in [1.82, 2.24) is 0 Å². The lowest BCUT2D eigenvalue weighted by Crippen LogP contribution is -2.28. The first-order valence-corrected chi connectivity index (χ1v) is 5.15. The van der Waals surface area contributed by atoms with Crippen LogP contribution in [0.3, 0.4) is 0 Å². The van der Waals surface area contributed by atoms with Crippen LogP contribution in [0.2, 0.25) is 0 Å². The van der Waals surface area contributed by atoms with E-state index in [1.807, 2.05) is 22.6 Å². The summed E-state index contributed by atoms with van der Waals surface area (Å²) >= 11 is 2.04. The molecule has 2 atom stereocenters. The Labute approximate surface area is 89.0 Å². The predicted molar refractivity (Wildman–Crippen MR) is 54.6 cm³/mol. The average Bonchev–Trinajstić information content (AvgIpc) is 2.01. The number of halogens is 4. The monoisotopic (exact) mass is 302 g/mol. The summed E-state index contributed by atoms with van der Waals surface area (Å²) in [4.78, 5) is 0. The largest absolute Gasteiger partial charge is 0.395 e. The maximum absolute atomic E-state index is 12.4. The normalized spacial score (nSPS) is 28.8. The van der Waals surface area contributed by atoms with E-state index in [0.29, 0.717) is 6.42 Å². The first-order chi connectivity index (χ1) is 5.95. The van der Waals surface area contributed by atoms with Gasteiger partial charge >= 0.3 is 6.18 Å². The maximum Gasteiger partial charge on any atom is 0.395 e. The topological polar surface area (TPSA) is 0 Å². The molecule has 0 aromatic carbocycles. The number of alkyl halides is 3. The molecule has 0 radical (unpaired) electrons. The fourth-order valence-corrected chi connectivity index (χ4v) is 2.10. The maximum atomic E-state index is 12.4. The molecule has 0 heterocycles. The Bertz CT molecular complexity index is 240. The predicted octanol–water partition coefficient (Wildman–Crippen LogP) is 4.08. The van der Waals surface area contributed by atoms with Crippen LogP contribution in [-0.4, -0.2) is 6.18 Å². The van der Waals surface area contributed by atoms with Gasteiger partial charge in [-0.05, 0) is 34.9 Å². The minimum absolute atomic E-state index is 0.392. The molecule has 13 heavy (non-hydrogen) atoms. The molecule has 0 aromatic rings. The van der Waals surface area contributed by atoms with Gasteiger partial charge in [-0.3, -0.25) is 0 Å². The summed E-state index contributed by atoms with van der Waals surface area (Å²) in [5.74, 6) is -1.69. The van der Waals surface area contributed by atoms with E-state index < -0.39 is 18.0 Å². The van der Waals surface area contributed by atoms with Gasteiger partial charge in [0.25, 0.3) is 0 Å². The van der Waals surface area contributed by atoms with Crippen molar-refractivity contribution < 1.29 is 13.2 Å². The molecule has 0 N–H and O–H groups in total. The van der Waals surface area contributed by atoms with Gasteiger partial charge in [0, 0.05) is 3.58 Å². The third-order valence-electron chi connectivity index (χ3n) is 2.15. The highest BCUT2D eigenvalue weighted by molar-refractivity contribution is 14.1. The van der Waals surface area contributed by atoms with Gasteiger partial charge in [-0.2, -0.15) is 13.2 Å². The van der Waals surface area contributed by atoms with Crippen LogP contribution >= 0.6 is 22.6 Å². The van der Waals surface area contributed by atoms with Gasteiger partial charge in [-0.15, -0.1) is 0 Å². The molecule has 1 rings (SSSR count). The number of hydrogen-bond acceptors (Lipinski definition) is 0. The first-order valence-electron chi connectivity index (χ1n) is 4.07. The van der Waals surface area contributed by atoms with E-state index in [0.717, 1.165) is 3.58 Å². The van der Waals surface area contributed by atoms with Gasteiger partial charge in [0.1, 0.15) is 0 Å². The number of allylic oxidation sites excluding steroid dienone is 4. The molecule has 74 valence electrons. The lowest BCUT2D eigenvalue weighted by molar-refractivity contribution is -0.170. The zero-order valence-electron chi connectivity index (χ0n) is 7.11. The summed E-state index contributed by atoms with van der Waals surface area (Å²) in [7, 11) is 0. The van der Waals surface area contributed by atoms with E-state index in [1.165, 1.54) is 12.2 Å². The van der Waals surface area contributed by atoms with Crippen LogP contribution in [-0.2, 0) is 0 Å². The Hall–Kier alpha value is -0.0000000000000000555. The highest BCUT2D eigenvalue weighted by Gasteiger charge is 2.42. The Kier molecular flexibility index (Phi) is 3.43. The molecule has 0 aliphatic heterocycles. The van der Waals surface area contributed by atoms with Crippen LogP contribution in [0, 0.1) is 11.8 Å².